The van der Waals surface area contributed by atoms with Crippen molar-refractivity contribution in [2.75, 3.05) is 5.32 Å². The van der Waals surface area contributed by atoms with Gasteiger partial charge in [0.1, 0.15) is 11.5 Å². The second-order valence-electron chi connectivity index (χ2n) is 4.63. The van der Waals surface area contributed by atoms with Gasteiger partial charge in [0, 0.05) is 0 Å². The van der Waals surface area contributed by atoms with Crippen molar-refractivity contribution in [2.45, 2.75) is 6.18 Å². The molecule has 4 N–H and O–H groups in total. The lowest BCUT2D eigenvalue weighted by Gasteiger charge is -2.11. The molecule has 0 unspecified atom stereocenters. The maximum atomic E-state index is 12.5. The fraction of sp³-hybridized carbons (Fsp3) is 0.0667. The summed E-state index contributed by atoms with van der Waals surface area (Å²) in [5, 5.41) is 11.6. The zero-order chi connectivity index (χ0) is 17.9. The minimum atomic E-state index is -4.51. The van der Waals surface area contributed by atoms with Crippen LogP contribution >= 0.6 is 0 Å². The summed E-state index contributed by atoms with van der Waals surface area (Å²) < 4.78 is 42.4. The Labute approximate surface area is 133 Å². The molecule has 0 spiro atoms. The topological polar surface area (TPSA) is 102 Å². The molecule has 0 aliphatic rings. The highest BCUT2D eigenvalue weighted by Crippen LogP contribution is 2.30. The number of alkyl halides is 3. The van der Waals surface area contributed by atoms with Crippen molar-refractivity contribution in [1.29, 1.82) is 0 Å². The van der Waals surface area contributed by atoms with Crippen LogP contribution in [0.15, 0.2) is 42.5 Å². The van der Waals surface area contributed by atoms with Crippen molar-refractivity contribution >= 4 is 17.7 Å². The molecule has 0 saturated carbocycles. The first-order valence-electron chi connectivity index (χ1n) is 6.46. The fourth-order valence-electron chi connectivity index (χ4n) is 1.82. The standard InChI is InChI=1S/C15H11F3N2O4/c16-15(17,18)8-1-4-10(5-2-8)24-13(22)11-7-9(21)3-6-12(11)20-14(19)23/h1-7,21H,(H3,19,20,23). The number of halogens is 3. The zero-order valence-electron chi connectivity index (χ0n) is 11.9. The normalized spacial score (nSPS) is 11.0. The summed E-state index contributed by atoms with van der Waals surface area (Å²) in [5.74, 6) is -1.40. The molecule has 0 fully saturated rings. The second kappa shape index (κ2) is 6.49. The van der Waals surface area contributed by atoms with Crippen molar-refractivity contribution in [3.8, 4) is 11.5 Å². The number of carbonyl (C=O) groups is 2. The van der Waals surface area contributed by atoms with Gasteiger partial charge >= 0.3 is 18.2 Å². The predicted molar refractivity (Wildman–Crippen MR) is 77.7 cm³/mol. The predicted octanol–water partition coefficient (Wildman–Crippen LogP) is 3.12. The van der Waals surface area contributed by atoms with Gasteiger partial charge in [-0.1, -0.05) is 0 Å². The van der Waals surface area contributed by atoms with E-state index in [-0.39, 0.29) is 22.7 Å². The Kier molecular flexibility index (Phi) is 4.63. The number of primary amides is 1. The van der Waals surface area contributed by atoms with E-state index in [1.165, 1.54) is 12.1 Å². The maximum Gasteiger partial charge on any atom is 0.416 e. The number of phenolic OH excluding ortho intramolecular Hbond substituents is 1. The van der Waals surface area contributed by atoms with Crippen LogP contribution in [-0.4, -0.2) is 17.1 Å². The molecule has 6 nitrogen and oxygen atoms in total. The number of rotatable bonds is 3. The number of aromatic hydroxyl groups is 1. The minimum Gasteiger partial charge on any atom is -0.508 e. The van der Waals surface area contributed by atoms with E-state index in [2.05, 4.69) is 5.32 Å². The lowest BCUT2D eigenvalue weighted by atomic mass is 10.1. The van der Waals surface area contributed by atoms with E-state index in [1.54, 1.807) is 0 Å². The number of anilines is 1. The van der Waals surface area contributed by atoms with Crippen LogP contribution in [0.4, 0.5) is 23.7 Å². The molecular weight excluding hydrogens is 329 g/mol. The van der Waals surface area contributed by atoms with Gasteiger partial charge in [-0.2, -0.15) is 13.2 Å². The number of nitrogens with one attached hydrogen (secondary N) is 1. The summed E-state index contributed by atoms with van der Waals surface area (Å²) in [6, 6.07) is 5.99. The Bertz CT molecular complexity index is 773. The van der Waals surface area contributed by atoms with Crippen molar-refractivity contribution in [1.82, 2.24) is 0 Å². The van der Waals surface area contributed by atoms with Gasteiger partial charge in [0.2, 0.25) is 0 Å². The third-order valence-corrected chi connectivity index (χ3v) is 2.87. The smallest absolute Gasteiger partial charge is 0.416 e. The molecule has 0 aliphatic heterocycles. The summed E-state index contributed by atoms with van der Waals surface area (Å²) in [5.41, 5.74) is 3.85. The molecule has 2 aromatic rings. The summed E-state index contributed by atoms with van der Waals surface area (Å²) in [4.78, 5) is 23.0. The first-order valence-corrected chi connectivity index (χ1v) is 6.46. The Morgan fingerprint density at radius 3 is 2.25 bits per heavy atom. The molecule has 24 heavy (non-hydrogen) atoms. The minimum absolute atomic E-state index is 0.0165. The van der Waals surface area contributed by atoms with Gasteiger partial charge in [-0.15, -0.1) is 0 Å². The van der Waals surface area contributed by atoms with Crippen molar-refractivity contribution < 1.29 is 32.6 Å². The Morgan fingerprint density at radius 1 is 1.08 bits per heavy atom. The highest BCUT2D eigenvalue weighted by Gasteiger charge is 2.30. The summed E-state index contributed by atoms with van der Waals surface area (Å²) in [6.45, 7) is 0. The zero-order valence-corrected chi connectivity index (χ0v) is 11.9. The van der Waals surface area contributed by atoms with Crippen LogP contribution < -0.4 is 15.8 Å². The lowest BCUT2D eigenvalue weighted by Crippen LogP contribution is -2.22. The first-order chi connectivity index (χ1) is 11.2. The lowest BCUT2D eigenvalue weighted by molar-refractivity contribution is -0.137. The number of carbonyl (C=O) groups excluding carboxylic acids is 2. The number of nitrogens with two attached hydrogens (primary N) is 1. The number of amides is 2. The molecule has 0 aliphatic carbocycles. The SMILES string of the molecule is NC(=O)Nc1ccc(O)cc1C(=O)Oc1ccc(C(F)(F)F)cc1. The van der Waals surface area contributed by atoms with E-state index < -0.39 is 23.7 Å². The molecule has 0 radical (unpaired) electrons. The van der Waals surface area contributed by atoms with Gasteiger partial charge in [0.05, 0.1) is 16.8 Å². The highest BCUT2D eigenvalue weighted by molar-refractivity contribution is 6.01. The average Bonchev–Trinajstić information content (AvgIpc) is 2.48. The molecule has 0 bridgehead atoms. The number of ether oxygens (including phenoxy) is 1. The third-order valence-electron chi connectivity index (χ3n) is 2.87. The van der Waals surface area contributed by atoms with Crippen molar-refractivity contribution in [2.24, 2.45) is 5.73 Å². The largest absolute Gasteiger partial charge is 0.508 e. The number of benzene rings is 2. The molecular formula is C15H11F3N2O4. The van der Waals surface area contributed by atoms with E-state index in [4.69, 9.17) is 10.5 Å². The van der Waals surface area contributed by atoms with Crippen LogP contribution in [0.3, 0.4) is 0 Å². The maximum absolute atomic E-state index is 12.5. The van der Waals surface area contributed by atoms with E-state index >= 15 is 0 Å². The molecule has 2 aromatic carbocycles. The quantitative estimate of drug-likeness (QED) is 0.454. The van der Waals surface area contributed by atoms with Gasteiger partial charge in [0.25, 0.3) is 0 Å². The Hall–Kier alpha value is -3.23. The number of esters is 1. The molecule has 0 saturated heterocycles. The van der Waals surface area contributed by atoms with Crippen LogP contribution in [0.25, 0.3) is 0 Å². The van der Waals surface area contributed by atoms with Gasteiger partial charge in [-0.3, -0.25) is 0 Å². The van der Waals surface area contributed by atoms with Crippen LogP contribution in [0, 0.1) is 0 Å². The van der Waals surface area contributed by atoms with E-state index in [9.17, 15) is 27.9 Å². The number of urea groups is 1. The van der Waals surface area contributed by atoms with E-state index in [0.29, 0.717) is 0 Å². The van der Waals surface area contributed by atoms with Crippen LogP contribution in [-0.2, 0) is 6.18 Å². The van der Waals surface area contributed by atoms with E-state index in [1.807, 2.05) is 0 Å². The summed E-state index contributed by atoms with van der Waals surface area (Å²) in [6.07, 6.45) is -4.51. The van der Waals surface area contributed by atoms with Crippen molar-refractivity contribution in [3.63, 3.8) is 0 Å². The number of hydrogen-bond acceptors (Lipinski definition) is 4. The first kappa shape index (κ1) is 17.1. The Balaban J connectivity index is 2.23. The van der Waals surface area contributed by atoms with Crippen molar-refractivity contribution in [3.05, 3.63) is 53.6 Å². The number of hydrogen-bond donors (Lipinski definition) is 3. The molecule has 9 heteroatoms. The fourth-order valence-corrected chi connectivity index (χ4v) is 1.82. The number of phenols is 1. The van der Waals surface area contributed by atoms with Crippen LogP contribution in [0.1, 0.15) is 15.9 Å². The van der Waals surface area contributed by atoms with Gasteiger partial charge in [-0.25, -0.2) is 9.59 Å². The highest BCUT2D eigenvalue weighted by atomic mass is 19.4. The van der Waals surface area contributed by atoms with E-state index in [0.717, 1.165) is 30.3 Å². The molecule has 126 valence electrons. The molecule has 0 aromatic heterocycles. The molecule has 0 atom stereocenters. The Morgan fingerprint density at radius 2 is 1.71 bits per heavy atom. The second-order valence-corrected chi connectivity index (χ2v) is 4.63. The van der Waals surface area contributed by atoms with Gasteiger partial charge < -0.3 is 20.9 Å². The monoisotopic (exact) mass is 340 g/mol. The average molecular weight is 340 g/mol. The molecule has 2 rings (SSSR count). The van der Waals surface area contributed by atoms with Crippen LogP contribution in [0.2, 0.25) is 0 Å². The molecule has 2 amide bonds. The van der Waals surface area contributed by atoms with Gasteiger partial charge in [-0.05, 0) is 42.5 Å². The summed E-state index contributed by atoms with van der Waals surface area (Å²) >= 11 is 0. The van der Waals surface area contributed by atoms with Crippen LogP contribution in [0.5, 0.6) is 11.5 Å². The third kappa shape index (κ3) is 4.15. The van der Waals surface area contributed by atoms with Gasteiger partial charge in [0.15, 0.2) is 0 Å². The summed E-state index contributed by atoms with van der Waals surface area (Å²) in [7, 11) is 0. The molecule has 0 heterocycles.